The van der Waals surface area contributed by atoms with E-state index >= 15 is 0 Å². The normalized spacial score (nSPS) is 15.8. The lowest BCUT2D eigenvalue weighted by atomic mass is 10.0. The maximum absolute atomic E-state index is 13.9. The number of imide groups is 1. The van der Waals surface area contributed by atoms with E-state index in [1.807, 2.05) is 43.4 Å². The van der Waals surface area contributed by atoms with Crippen molar-refractivity contribution in [3.8, 4) is 5.75 Å². The minimum absolute atomic E-state index is 0.116. The van der Waals surface area contributed by atoms with Crippen molar-refractivity contribution in [3.05, 3.63) is 101 Å². The van der Waals surface area contributed by atoms with E-state index in [2.05, 4.69) is 4.90 Å². The van der Waals surface area contributed by atoms with E-state index in [0.717, 1.165) is 30.5 Å². The molecular weight excluding hydrogens is 514 g/mol. The summed E-state index contributed by atoms with van der Waals surface area (Å²) in [5.74, 6) is -0.683. The van der Waals surface area contributed by atoms with E-state index in [-0.39, 0.29) is 18.2 Å². The van der Waals surface area contributed by atoms with Gasteiger partial charge in [0.05, 0.1) is 6.04 Å². The van der Waals surface area contributed by atoms with Crippen molar-refractivity contribution in [1.82, 2.24) is 9.80 Å². The first-order valence-corrected chi connectivity index (χ1v) is 13.6. The Balaban J connectivity index is 1.42. The fourth-order valence-corrected chi connectivity index (χ4v) is 4.87. The summed E-state index contributed by atoms with van der Waals surface area (Å²) in [5, 5.41) is 0. The molecule has 2 amide bonds. The van der Waals surface area contributed by atoms with Crippen LogP contribution >= 0.6 is 0 Å². The second-order valence-electron chi connectivity index (χ2n) is 10.4. The predicted octanol–water partition coefficient (Wildman–Crippen LogP) is 5.87. The molecule has 2 atom stereocenters. The van der Waals surface area contributed by atoms with E-state index in [1.54, 1.807) is 26.0 Å². The molecule has 0 aromatic heterocycles. The number of carbonyl (C=O) groups is 2. The van der Waals surface area contributed by atoms with Gasteiger partial charge >= 0.3 is 6.09 Å². The molecule has 212 valence electrons. The lowest BCUT2D eigenvalue weighted by molar-refractivity contribution is -0.137. The molecule has 2 unspecified atom stereocenters. The molecule has 8 heteroatoms. The molecule has 0 saturated carbocycles. The number of hydrogen-bond acceptors (Lipinski definition) is 5. The molecule has 0 radical (unpaired) electrons. The third-order valence-corrected chi connectivity index (χ3v) is 7.20. The van der Waals surface area contributed by atoms with Crippen LogP contribution in [0.3, 0.4) is 0 Å². The van der Waals surface area contributed by atoms with Crippen molar-refractivity contribution in [2.24, 2.45) is 0 Å². The molecule has 1 saturated heterocycles. The maximum Gasteiger partial charge on any atom is 0.417 e. The highest BCUT2D eigenvalue weighted by Crippen LogP contribution is 2.23. The second kappa shape index (κ2) is 13.5. The van der Waals surface area contributed by atoms with Gasteiger partial charge in [-0.25, -0.2) is 18.5 Å². The van der Waals surface area contributed by atoms with Gasteiger partial charge in [-0.1, -0.05) is 42.5 Å². The first-order valence-electron chi connectivity index (χ1n) is 13.6. The lowest BCUT2D eigenvalue weighted by Crippen LogP contribution is -2.48. The highest BCUT2D eigenvalue weighted by molar-refractivity contribution is 5.96. The highest BCUT2D eigenvalue weighted by Gasteiger charge is 2.41. The zero-order valence-corrected chi connectivity index (χ0v) is 23.2. The van der Waals surface area contributed by atoms with Crippen LogP contribution in [-0.4, -0.2) is 60.7 Å². The Kier molecular flexibility index (Phi) is 9.88. The fraction of sp³-hybridized carbons (Fsp3) is 0.375. The average Bonchev–Trinajstić information content (AvgIpc) is 3.30. The standard InChI is InChI=1S/C32H36F2N2O4/c1-22-18-25(11-13-28(22)33)10-7-16-35(3)17-15-30(40-27-12-14-29(34)23(2)19-27)31(37)36-26(21-39-32(36)38)20-24-8-5-4-6-9-24/h4-6,8-9,11-14,18-19,26,30H,7,10,15-17,20-21H2,1-3H3. The maximum atomic E-state index is 13.9. The Morgan fingerprint density at radius 1 is 1.00 bits per heavy atom. The third-order valence-electron chi connectivity index (χ3n) is 7.20. The smallest absolute Gasteiger partial charge is 0.417 e. The molecular formula is C32H36F2N2O4. The minimum atomic E-state index is -0.962. The summed E-state index contributed by atoms with van der Waals surface area (Å²) in [6.07, 6.45) is 0.816. The van der Waals surface area contributed by atoms with Gasteiger partial charge in [-0.2, -0.15) is 0 Å². The fourth-order valence-electron chi connectivity index (χ4n) is 4.87. The summed E-state index contributed by atoms with van der Waals surface area (Å²) in [5.41, 5.74) is 3.10. The zero-order chi connectivity index (χ0) is 28.6. The van der Waals surface area contributed by atoms with Crippen LogP contribution in [0.2, 0.25) is 0 Å². The number of amides is 2. The van der Waals surface area contributed by atoms with Crippen LogP contribution in [0.4, 0.5) is 13.6 Å². The van der Waals surface area contributed by atoms with Gasteiger partial charge in [0.1, 0.15) is 24.0 Å². The molecule has 1 fully saturated rings. The van der Waals surface area contributed by atoms with Gasteiger partial charge < -0.3 is 14.4 Å². The van der Waals surface area contributed by atoms with Gasteiger partial charge in [-0.3, -0.25) is 4.79 Å². The van der Waals surface area contributed by atoms with Crippen LogP contribution in [0, 0.1) is 25.5 Å². The Bertz CT molecular complexity index is 1320. The Hall–Kier alpha value is -3.78. The molecule has 1 heterocycles. The summed E-state index contributed by atoms with van der Waals surface area (Å²) >= 11 is 0. The zero-order valence-electron chi connectivity index (χ0n) is 23.2. The number of ether oxygens (including phenoxy) is 2. The largest absolute Gasteiger partial charge is 0.481 e. The number of aryl methyl sites for hydroxylation is 3. The van der Waals surface area contributed by atoms with Crippen molar-refractivity contribution in [2.75, 3.05) is 26.7 Å². The van der Waals surface area contributed by atoms with Crippen LogP contribution in [0.1, 0.15) is 35.1 Å². The van der Waals surface area contributed by atoms with E-state index in [1.165, 1.54) is 23.1 Å². The van der Waals surface area contributed by atoms with E-state index in [4.69, 9.17) is 9.47 Å². The van der Waals surface area contributed by atoms with Crippen molar-refractivity contribution in [2.45, 2.75) is 51.7 Å². The summed E-state index contributed by atoms with van der Waals surface area (Å²) in [6.45, 7) is 4.79. The quantitative estimate of drug-likeness (QED) is 0.282. The third kappa shape index (κ3) is 7.66. The monoisotopic (exact) mass is 550 g/mol. The molecule has 3 aromatic rings. The predicted molar refractivity (Wildman–Crippen MR) is 149 cm³/mol. The van der Waals surface area contributed by atoms with Gasteiger partial charge in [0, 0.05) is 13.0 Å². The summed E-state index contributed by atoms with van der Waals surface area (Å²) < 4.78 is 38.8. The summed E-state index contributed by atoms with van der Waals surface area (Å²) in [4.78, 5) is 29.7. The van der Waals surface area contributed by atoms with Crippen molar-refractivity contribution >= 4 is 12.0 Å². The number of halogens is 2. The van der Waals surface area contributed by atoms with Crippen LogP contribution in [0.25, 0.3) is 0 Å². The molecule has 4 rings (SSSR count). The number of carbonyl (C=O) groups excluding carboxylic acids is 2. The Morgan fingerprint density at radius 3 is 2.40 bits per heavy atom. The highest BCUT2D eigenvalue weighted by atomic mass is 19.1. The molecule has 40 heavy (non-hydrogen) atoms. The van der Waals surface area contributed by atoms with Gasteiger partial charge in [0.25, 0.3) is 5.91 Å². The Morgan fingerprint density at radius 2 is 1.70 bits per heavy atom. The molecule has 1 aliphatic heterocycles. The molecule has 0 N–H and O–H groups in total. The van der Waals surface area contributed by atoms with E-state index in [9.17, 15) is 18.4 Å². The second-order valence-corrected chi connectivity index (χ2v) is 10.4. The molecule has 0 spiro atoms. The van der Waals surface area contributed by atoms with Crippen molar-refractivity contribution in [3.63, 3.8) is 0 Å². The van der Waals surface area contributed by atoms with Crippen molar-refractivity contribution < 1.29 is 27.8 Å². The number of nitrogens with zero attached hydrogens (tertiary/aromatic N) is 2. The van der Waals surface area contributed by atoms with Gasteiger partial charge in [0.15, 0.2) is 6.10 Å². The summed E-state index contributed by atoms with van der Waals surface area (Å²) in [6, 6.07) is 18.7. The minimum Gasteiger partial charge on any atom is -0.481 e. The molecule has 1 aliphatic rings. The van der Waals surface area contributed by atoms with Crippen LogP contribution in [-0.2, 0) is 22.4 Å². The van der Waals surface area contributed by atoms with Gasteiger partial charge in [-0.15, -0.1) is 0 Å². The first-order chi connectivity index (χ1) is 19.2. The van der Waals surface area contributed by atoms with E-state index in [0.29, 0.717) is 36.3 Å². The SMILES string of the molecule is Cc1cc(CCCN(C)CCC(Oc2ccc(F)c(C)c2)C(=O)N2C(=O)OCC2Cc2ccccc2)ccc1F. The lowest BCUT2D eigenvalue weighted by Gasteiger charge is -2.27. The van der Waals surface area contributed by atoms with Crippen LogP contribution in [0.5, 0.6) is 5.75 Å². The van der Waals surface area contributed by atoms with Gasteiger partial charge in [-0.05, 0) is 93.2 Å². The Labute approximate surface area is 234 Å². The van der Waals surface area contributed by atoms with Crippen molar-refractivity contribution in [1.29, 1.82) is 0 Å². The number of cyclic esters (lactones) is 1. The molecule has 0 aliphatic carbocycles. The molecule has 0 bridgehead atoms. The van der Waals surface area contributed by atoms with E-state index < -0.39 is 24.1 Å². The van der Waals surface area contributed by atoms with Crippen LogP contribution < -0.4 is 4.74 Å². The number of hydrogen-bond donors (Lipinski definition) is 0. The summed E-state index contributed by atoms with van der Waals surface area (Å²) in [7, 11) is 1.96. The van der Waals surface area contributed by atoms with Crippen LogP contribution in [0.15, 0.2) is 66.7 Å². The molecule has 6 nitrogen and oxygen atoms in total. The topological polar surface area (TPSA) is 59.1 Å². The first kappa shape index (κ1) is 29.2. The molecule has 3 aromatic carbocycles. The number of benzene rings is 3. The van der Waals surface area contributed by atoms with Gasteiger partial charge in [0.2, 0.25) is 0 Å². The average molecular weight is 551 g/mol. The number of rotatable bonds is 12.